The molecule has 0 unspecified atom stereocenters. The minimum absolute atomic E-state index is 0.0510. The van der Waals surface area contributed by atoms with Gasteiger partial charge in [0, 0.05) is 43.8 Å². The van der Waals surface area contributed by atoms with Gasteiger partial charge in [0.05, 0.1) is 6.20 Å². The van der Waals surface area contributed by atoms with Gasteiger partial charge < -0.3 is 9.88 Å². The normalized spacial score (nSPS) is 14.5. The van der Waals surface area contributed by atoms with Crippen molar-refractivity contribution in [3.63, 3.8) is 0 Å². The number of rotatable bonds is 1. The van der Waals surface area contributed by atoms with Crippen LogP contribution < -0.4 is 0 Å². The molecule has 5 heteroatoms. The van der Waals surface area contributed by atoms with E-state index in [9.17, 15) is 4.79 Å². The maximum Gasteiger partial charge on any atom is 0.274 e. The van der Waals surface area contributed by atoms with Crippen LogP contribution in [0.1, 0.15) is 21.7 Å². The van der Waals surface area contributed by atoms with Crippen molar-refractivity contribution >= 4 is 5.91 Å². The van der Waals surface area contributed by atoms with E-state index in [4.69, 9.17) is 0 Å². The lowest BCUT2D eigenvalue weighted by Gasteiger charge is -2.26. The summed E-state index contributed by atoms with van der Waals surface area (Å²) in [6.45, 7) is 1.37. The van der Waals surface area contributed by atoms with Gasteiger partial charge in [-0.15, -0.1) is 0 Å². The summed E-state index contributed by atoms with van der Waals surface area (Å²) >= 11 is 0. The molecular weight excluding hydrogens is 216 g/mol. The monoisotopic (exact) mass is 228 g/mol. The Morgan fingerprint density at radius 2 is 2.35 bits per heavy atom. The number of hydrogen-bond acceptors (Lipinski definition) is 3. The largest absolute Gasteiger partial charge is 0.365 e. The Morgan fingerprint density at radius 3 is 3.18 bits per heavy atom. The maximum absolute atomic E-state index is 12.1. The number of nitrogens with zero attached hydrogens (tertiary/aromatic N) is 3. The number of aromatic nitrogens is 3. The minimum atomic E-state index is -0.0510. The fourth-order valence-corrected chi connectivity index (χ4v) is 2.09. The molecule has 0 saturated carbocycles. The number of amides is 1. The first kappa shape index (κ1) is 10.0. The van der Waals surface area contributed by atoms with Crippen molar-refractivity contribution in [2.75, 3.05) is 6.54 Å². The van der Waals surface area contributed by atoms with E-state index in [1.54, 1.807) is 17.3 Å². The third kappa shape index (κ3) is 1.80. The molecular formula is C12H12N4O. The number of carbonyl (C=O) groups is 1. The standard InChI is InChI=1S/C12H12N4O/c17-12(11-7-13-4-5-15-11)16-6-2-10-9(8-16)1-3-14-10/h1,3-5,7,14H,2,6,8H2. The average molecular weight is 228 g/mol. The predicted octanol–water partition coefficient (Wildman–Crippen LogP) is 1.00. The summed E-state index contributed by atoms with van der Waals surface area (Å²) < 4.78 is 0. The Hall–Kier alpha value is -2.17. The fraction of sp³-hybridized carbons (Fsp3) is 0.250. The third-order valence-corrected chi connectivity index (χ3v) is 2.99. The summed E-state index contributed by atoms with van der Waals surface area (Å²) in [6.07, 6.45) is 7.40. The Bertz CT molecular complexity index is 534. The van der Waals surface area contributed by atoms with E-state index < -0.39 is 0 Å². The van der Waals surface area contributed by atoms with Crippen molar-refractivity contribution < 1.29 is 4.79 Å². The van der Waals surface area contributed by atoms with Gasteiger partial charge in [0.25, 0.3) is 5.91 Å². The summed E-state index contributed by atoms with van der Waals surface area (Å²) in [5, 5.41) is 0. The van der Waals surface area contributed by atoms with Gasteiger partial charge in [-0.3, -0.25) is 9.78 Å². The van der Waals surface area contributed by atoms with Crippen LogP contribution in [-0.4, -0.2) is 32.3 Å². The van der Waals surface area contributed by atoms with Crippen LogP contribution in [0, 0.1) is 0 Å². The molecule has 3 heterocycles. The zero-order valence-electron chi connectivity index (χ0n) is 9.26. The number of H-pyrrole nitrogens is 1. The number of aromatic amines is 1. The van der Waals surface area contributed by atoms with Crippen LogP contribution in [0.25, 0.3) is 0 Å². The van der Waals surface area contributed by atoms with Crippen molar-refractivity contribution in [2.24, 2.45) is 0 Å². The first-order valence-electron chi connectivity index (χ1n) is 5.55. The molecule has 2 aromatic rings. The molecule has 0 atom stereocenters. The highest BCUT2D eigenvalue weighted by Gasteiger charge is 2.22. The van der Waals surface area contributed by atoms with Gasteiger partial charge in [-0.1, -0.05) is 0 Å². The Labute approximate surface area is 98.5 Å². The molecule has 1 aliphatic rings. The molecule has 5 nitrogen and oxygen atoms in total. The lowest BCUT2D eigenvalue weighted by molar-refractivity contribution is 0.0728. The van der Waals surface area contributed by atoms with Gasteiger partial charge in [0.15, 0.2) is 0 Å². The molecule has 1 aliphatic heterocycles. The van der Waals surface area contributed by atoms with Crippen LogP contribution in [0.4, 0.5) is 0 Å². The van der Waals surface area contributed by atoms with Crippen LogP contribution in [0.3, 0.4) is 0 Å². The Balaban J connectivity index is 1.81. The van der Waals surface area contributed by atoms with Crippen LogP contribution in [0.15, 0.2) is 30.9 Å². The van der Waals surface area contributed by atoms with E-state index in [1.165, 1.54) is 17.5 Å². The molecule has 0 aromatic carbocycles. The van der Waals surface area contributed by atoms with Crippen molar-refractivity contribution in [1.29, 1.82) is 0 Å². The lowest BCUT2D eigenvalue weighted by atomic mass is 10.1. The second-order valence-electron chi connectivity index (χ2n) is 4.05. The Kier molecular flexibility index (Phi) is 2.36. The summed E-state index contributed by atoms with van der Waals surface area (Å²) in [4.78, 5) is 25.1. The van der Waals surface area contributed by atoms with Gasteiger partial charge in [0.2, 0.25) is 0 Å². The second kappa shape index (κ2) is 4.01. The average Bonchev–Trinajstić information content (AvgIpc) is 2.86. The van der Waals surface area contributed by atoms with Gasteiger partial charge in [-0.05, 0) is 11.6 Å². The molecule has 0 spiro atoms. The van der Waals surface area contributed by atoms with E-state index in [0.29, 0.717) is 12.2 Å². The van der Waals surface area contributed by atoms with Crippen LogP contribution in [0.2, 0.25) is 0 Å². The molecule has 3 rings (SSSR count). The van der Waals surface area contributed by atoms with Gasteiger partial charge in [-0.2, -0.15) is 0 Å². The first-order valence-corrected chi connectivity index (χ1v) is 5.55. The first-order chi connectivity index (χ1) is 8.34. The Morgan fingerprint density at radius 1 is 1.41 bits per heavy atom. The fourth-order valence-electron chi connectivity index (χ4n) is 2.09. The lowest BCUT2D eigenvalue weighted by Crippen LogP contribution is -2.36. The second-order valence-corrected chi connectivity index (χ2v) is 4.05. The van der Waals surface area contributed by atoms with E-state index in [1.807, 2.05) is 12.3 Å². The van der Waals surface area contributed by atoms with Crippen LogP contribution in [-0.2, 0) is 13.0 Å². The van der Waals surface area contributed by atoms with Crippen molar-refractivity contribution in [3.05, 3.63) is 47.8 Å². The molecule has 17 heavy (non-hydrogen) atoms. The molecule has 1 N–H and O–H groups in total. The molecule has 1 amide bonds. The molecule has 0 saturated heterocycles. The SMILES string of the molecule is O=C(c1cnccn1)N1CCc2[nH]ccc2C1. The quantitative estimate of drug-likeness (QED) is 0.792. The maximum atomic E-state index is 12.1. The highest BCUT2D eigenvalue weighted by molar-refractivity contribution is 5.92. The number of carbonyl (C=O) groups excluding carboxylic acids is 1. The molecule has 0 aliphatic carbocycles. The molecule has 0 radical (unpaired) electrons. The van der Waals surface area contributed by atoms with Gasteiger partial charge in [0.1, 0.15) is 5.69 Å². The summed E-state index contributed by atoms with van der Waals surface area (Å²) in [5.41, 5.74) is 2.83. The molecule has 2 aromatic heterocycles. The molecule has 0 fully saturated rings. The zero-order chi connectivity index (χ0) is 11.7. The highest BCUT2D eigenvalue weighted by atomic mass is 16.2. The summed E-state index contributed by atoms with van der Waals surface area (Å²) in [6, 6.07) is 2.02. The predicted molar refractivity (Wildman–Crippen MR) is 61.3 cm³/mol. The van der Waals surface area contributed by atoms with Crippen molar-refractivity contribution in [2.45, 2.75) is 13.0 Å². The topological polar surface area (TPSA) is 61.9 Å². The van der Waals surface area contributed by atoms with Gasteiger partial charge >= 0.3 is 0 Å². The molecule has 86 valence electrons. The van der Waals surface area contributed by atoms with Crippen LogP contribution in [0.5, 0.6) is 0 Å². The summed E-state index contributed by atoms with van der Waals surface area (Å²) in [7, 11) is 0. The zero-order valence-corrected chi connectivity index (χ0v) is 9.26. The summed E-state index contributed by atoms with van der Waals surface area (Å²) in [5.74, 6) is -0.0510. The smallest absolute Gasteiger partial charge is 0.274 e. The van der Waals surface area contributed by atoms with E-state index in [-0.39, 0.29) is 5.91 Å². The van der Waals surface area contributed by atoms with E-state index in [2.05, 4.69) is 15.0 Å². The van der Waals surface area contributed by atoms with Crippen LogP contribution >= 0.6 is 0 Å². The number of hydrogen-bond donors (Lipinski definition) is 1. The van der Waals surface area contributed by atoms with E-state index in [0.717, 1.165) is 13.0 Å². The minimum Gasteiger partial charge on any atom is -0.365 e. The third-order valence-electron chi connectivity index (χ3n) is 2.99. The molecule has 0 bridgehead atoms. The highest BCUT2D eigenvalue weighted by Crippen LogP contribution is 2.18. The van der Waals surface area contributed by atoms with E-state index >= 15 is 0 Å². The number of nitrogens with one attached hydrogen (secondary N) is 1. The van der Waals surface area contributed by atoms with Gasteiger partial charge in [-0.25, -0.2) is 4.98 Å². The van der Waals surface area contributed by atoms with Crippen molar-refractivity contribution in [1.82, 2.24) is 19.9 Å². The van der Waals surface area contributed by atoms with Crippen molar-refractivity contribution in [3.8, 4) is 0 Å². The number of fused-ring (bicyclic) bond motifs is 1.